The van der Waals surface area contributed by atoms with E-state index in [4.69, 9.17) is 0 Å². The Labute approximate surface area is 180 Å². The standard InChI is InChI=1S/C25H34N4O/c1-19-12-14-28(15-13-19)24-11-10-22(16-26-24)17-27-25(30)29(18-21-8-9-21)20(2)23-6-4-3-5-7-23/h3-7,10-11,16,19-21H,8-9,12-15,17-18H2,1-2H3,(H,27,30). The van der Waals surface area contributed by atoms with Gasteiger partial charge in [-0.3, -0.25) is 0 Å². The fourth-order valence-electron chi connectivity index (χ4n) is 4.13. The smallest absolute Gasteiger partial charge is 0.318 e. The summed E-state index contributed by atoms with van der Waals surface area (Å²) < 4.78 is 0. The zero-order chi connectivity index (χ0) is 20.9. The first kappa shape index (κ1) is 20.7. The molecule has 1 saturated carbocycles. The molecule has 2 amide bonds. The van der Waals surface area contributed by atoms with Crippen molar-refractivity contribution < 1.29 is 4.79 Å². The number of piperidine rings is 1. The van der Waals surface area contributed by atoms with Crippen LogP contribution in [0, 0.1) is 11.8 Å². The van der Waals surface area contributed by atoms with Gasteiger partial charge in [0.15, 0.2) is 0 Å². The number of rotatable bonds is 7. The molecule has 1 unspecified atom stereocenters. The summed E-state index contributed by atoms with van der Waals surface area (Å²) in [6, 6.07) is 14.5. The maximum absolute atomic E-state index is 13.0. The van der Waals surface area contributed by atoms with Crippen LogP contribution in [0.2, 0.25) is 0 Å². The van der Waals surface area contributed by atoms with Gasteiger partial charge in [0.05, 0.1) is 6.04 Å². The molecule has 0 spiro atoms. The topological polar surface area (TPSA) is 48.5 Å². The number of aromatic nitrogens is 1. The normalized spacial score (nSPS) is 18.1. The molecule has 1 N–H and O–H groups in total. The van der Waals surface area contributed by atoms with Crippen LogP contribution in [0.3, 0.4) is 0 Å². The Hall–Kier alpha value is -2.56. The first-order chi connectivity index (χ1) is 14.6. The molecular weight excluding hydrogens is 372 g/mol. The van der Waals surface area contributed by atoms with Crippen LogP contribution in [0.25, 0.3) is 0 Å². The lowest BCUT2D eigenvalue weighted by molar-refractivity contribution is 0.175. The molecule has 5 heteroatoms. The number of pyridine rings is 1. The number of nitrogens with one attached hydrogen (secondary N) is 1. The Balaban J connectivity index is 1.34. The third-order valence-electron chi connectivity index (χ3n) is 6.52. The summed E-state index contributed by atoms with van der Waals surface area (Å²) in [5.74, 6) is 2.51. The van der Waals surface area contributed by atoms with Gasteiger partial charge in [0.1, 0.15) is 5.82 Å². The van der Waals surface area contributed by atoms with Crippen molar-refractivity contribution in [3.8, 4) is 0 Å². The first-order valence-electron chi connectivity index (χ1n) is 11.4. The van der Waals surface area contributed by atoms with Crippen LogP contribution in [-0.2, 0) is 6.54 Å². The zero-order valence-corrected chi connectivity index (χ0v) is 18.3. The molecule has 5 nitrogen and oxygen atoms in total. The van der Waals surface area contributed by atoms with Crippen LogP contribution in [0.4, 0.5) is 10.6 Å². The maximum atomic E-state index is 13.0. The third-order valence-corrected chi connectivity index (χ3v) is 6.52. The highest BCUT2D eigenvalue weighted by atomic mass is 16.2. The number of hydrogen-bond donors (Lipinski definition) is 1. The van der Waals surface area contributed by atoms with Crippen molar-refractivity contribution in [2.45, 2.75) is 52.1 Å². The predicted molar refractivity (Wildman–Crippen MR) is 121 cm³/mol. The van der Waals surface area contributed by atoms with Crippen LogP contribution < -0.4 is 10.2 Å². The van der Waals surface area contributed by atoms with E-state index in [1.807, 2.05) is 29.3 Å². The molecule has 4 rings (SSSR count). The van der Waals surface area contributed by atoms with Crippen LogP contribution in [0.15, 0.2) is 48.7 Å². The first-order valence-corrected chi connectivity index (χ1v) is 11.4. The van der Waals surface area contributed by atoms with Gasteiger partial charge in [-0.2, -0.15) is 0 Å². The quantitative estimate of drug-likeness (QED) is 0.704. The fraction of sp³-hybridized carbons (Fsp3) is 0.520. The number of amides is 2. The number of carbonyl (C=O) groups excluding carboxylic acids is 1. The van der Waals surface area contributed by atoms with E-state index < -0.39 is 0 Å². The molecule has 0 bridgehead atoms. The molecule has 160 valence electrons. The number of hydrogen-bond acceptors (Lipinski definition) is 3. The number of benzene rings is 1. The Morgan fingerprint density at radius 3 is 2.50 bits per heavy atom. The summed E-state index contributed by atoms with van der Waals surface area (Å²) >= 11 is 0. The highest BCUT2D eigenvalue weighted by molar-refractivity contribution is 5.74. The molecule has 2 aromatic rings. The summed E-state index contributed by atoms with van der Waals surface area (Å²) in [5.41, 5.74) is 2.21. The van der Waals surface area contributed by atoms with E-state index in [0.717, 1.165) is 36.9 Å². The largest absolute Gasteiger partial charge is 0.357 e. The van der Waals surface area contributed by atoms with Gasteiger partial charge < -0.3 is 15.1 Å². The monoisotopic (exact) mass is 406 g/mol. The van der Waals surface area contributed by atoms with E-state index in [2.05, 4.69) is 53.3 Å². The van der Waals surface area contributed by atoms with Crippen LogP contribution in [0.1, 0.15) is 56.7 Å². The summed E-state index contributed by atoms with van der Waals surface area (Å²) in [6.45, 7) is 7.93. The van der Waals surface area contributed by atoms with Crippen LogP contribution in [-0.4, -0.2) is 35.5 Å². The molecular formula is C25H34N4O. The minimum absolute atomic E-state index is 0.00680. The summed E-state index contributed by atoms with van der Waals surface area (Å²) in [5, 5.41) is 3.12. The lowest BCUT2D eigenvalue weighted by Gasteiger charge is -2.31. The van der Waals surface area contributed by atoms with Crippen molar-refractivity contribution >= 4 is 11.8 Å². The molecule has 1 aromatic heterocycles. The maximum Gasteiger partial charge on any atom is 0.318 e. The number of anilines is 1. The van der Waals surface area contributed by atoms with Crippen LogP contribution in [0.5, 0.6) is 0 Å². The minimum atomic E-state index is 0.00680. The number of urea groups is 1. The van der Waals surface area contributed by atoms with Crippen LogP contribution >= 0.6 is 0 Å². The number of carbonyl (C=O) groups is 1. The van der Waals surface area contributed by atoms with E-state index in [1.165, 1.54) is 31.2 Å². The molecule has 0 radical (unpaired) electrons. The predicted octanol–water partition coefficient (Wildman–Crippen LogP) is 5.00. The van der Waals surface area contributed by atoms with Gasteiger partial charge in [-0.15, -0.1) is 0 Å². The molecule has 30 heavy (non-hydrogen) atoms. The molecule has 2 fully saturated rings. The average molecular weight is 407 g/mol. The van der Waals surface area contributed by atoms with Gasteiger partial charge in [-0.05, 0) is 61.6 Å². The fourth-order valence-corrected chi connectivity index (χ4v) is 4.13. The number of nitrogens with zero attached hydrogens (tertiary/aromatic N) is 3. The Morgan fingerprint density at radius 1 is 1.13 bits per heavy atom. The summed E-state index contributed by atoms with van der Waals surface area (Å²) in [6.07, 6.45) is 6.82. The zero-order valence-electron chi connectivity index (χ0n) is 18.3. The van der Waals surface area contributed by atoms with Gasteiger partial charge in [0.25, 0.3) is 0 Å². The van der Waals surface area contributed by atoms with Gasteiger partial charge in [-0.25, -0.2) is 9.78 Å². The van der Waals surface area contributed by atoms with Gasteiger partial charge in [0.2, 0.25) is 0 Å². The van der Waals surface area contributed by atoms with Crippen molar-refractivity contribution in [1.82, 2.24) is 15.2 Å². The Bertz CT molecular complexity index is 811. The highest BCUT2D eigenvalue weighted by Gasteiger charge is 2.30. The molecule has 1 aliphatic heterocycles. The van der Waals surface area contributed by atoms with E-state index in [0.29, 0.717) is 12.5 Å². The second kappa shape index (κ2) is 9.50. The second-order valence-corrected chi connectivity index (χ2v) is 9.04. The van der Waals surface area contributed by atoms with Crippen molar-refractivity contribution in [2.24, 2.45) is 11.8 Å². The van der Waals surface area contributed by atoms with Gasteiger partial charge in [-0.1, -0.05) is 43.3 Å². The SMILES string of the molecule is CC1CCN(c2ccc(CNC(=O)N(CC3CC3)C(C)c3ccccc3)cn2)CC1. The van der Waals surface area contributed by atoms with E-state index >= 15 is 0 Å². The molecule has 2 heterocycles. The van der Waals surface area contributed by atoms with Crippen molar-refractivity contribution in [3.63, 3.8) is 0 Å². The minimum Gasteiger partial charge on any atom is -0.357 e. The summed E-state index contributed by atoms with van der Waals surface area (Å²) in [4.78, 5) is 22.0. The molecule has 2 aliphatic rings. The van der Waals surface area contributed by atoms with Crippen molar-refractivity contribution in [1.29, 1.82) is 0 Å². The summed E-state index contributed by atoms with van der Waals surface area (Å²) in [7, 11) is 0. The highest BCUT2D eigenvalue weighted by Crippen LogP contribution is 2.33. The lowest BCUT2D eigenvalue weighted by Crippen LogP contribution is -2.42. The molecule has 1 aromatic carbocycles. The average Bonchev–Trinajstić information content (AvgIpc) is 3.61. The lowest BCUT2D eigenvalue weighted by atomic mass is 9.99. The van der Waals surface area contributed by atoms with E-state index in [-0.39, 0.29) is 12.1 Å². The second-order valence-electron chi connectivity index (χ2n) is 9.04. The van der Waals surface area contributed by atoms with Gasteiger partial charge in [0, 0.05) is 32.4 Å². The van der Waals surface area contributed by atoms with Crippen molar-refractivity contribution in [3.05, 3.63) is 59.8 Å². The molecule has 1 saturated heterocycles. The van der Waals surface area contributed by atoms with E-state index in [9.17, 15) is 4.79 Å². The Morgan fingerprint density at radius 2 is 1.87 bits per heavy atom. The van der Waals surface area contributed by atoms with Crippen molar-refractivity contribution in [2.75, 3.05) is 24.5 Å². The van der Waals surface area contributed by atoms with E-state index in [1.54, 1.807) is 0 Å². The van der Waals surface area contributed by atoms with Gasteiger partial charge >= 0.3 is 6.03 Å². The third kappa shape index (κ3) is 5.32. The molecule has 1 aliphatic carbocycles. The molecule has 1 atom stereocenters. The Kier molecular flexibility index (Phi) is 6.56.